The highest BCUT2D eigenvalue weighted by Gasteiger charge is 2.33. The van der Waals surface area contributed by atoms with E-state index < -0.39 is 11.9 Å². The van der Waals surface area contributed by atoms with E-state index in [1.54, 1.807) is 35.7 Å². The van der Waals surface area contributed by atoms with Gasteiger partial charge in [0.25, 0.3) is 0 Å². The first-order valence-corrected chi connectivity index (χ1v) is 8.51. The molecular weight excluding hydrogens is 332 g/mol. The van der Waals surface area contributed by atoms with Gasteiger partial charge in [0.1, 0.15) is 0 Å². The summed E-state index contributed by atoms with van der Waals surface area (Å²) in [6.45, 7) is 2.60. The Bertz CT molecular complexity index is 845. The molecule has 0 radical (unpaired) electrons. The van der Waals surface area contributed by atoms with Crippen LogP contribution in [0.15, 0.2) is 53.8 Å². The summed E-state index contributed by atoms with van der Waals surface area (Å²) in [4.78, 5) is 40.8. The van der Waals surface area contributed by atoms with Crippen molar-refractivity contribution in [3.05, 3.63) is 54.4 Å². The molecular formula is C19H18N4O3. The fraction of sp³-hybridized carbons (Fsp3) is 0.263. The zero-order chi connectivity index (χ0) is 17.9. The van der Waals surface area contributed by atoms with Crippen LogP contribution in [0.25, 0.3) is 0 Å². The van der Waals surface area contributed by atoms with Gasteiger partial charge in [0, 0.05) is 42.9 Å². The lowest BCUT2D eigenvalue weighted by Gasteiger charge is -2.35. The third-order valence-electron chi connectivity index (χ3n) is 4.55. The molecule has 0 N–H and O–H groups in total. The Balaban J connectivity index is 1.36. The van der Waals surface area contributed by atoms with Gasteiger partial charge in [0.05, 0.1) is 18.8 Å². The summed E-state index contributed by atoms with van der Waals surface area (Å²) < 4.78 is 0. The van der Waals surface area contributed by atoms with Crippen LogP contribution < -0.4 is 4.90 Å². The van der Waals surface area contributed by atoms with Gasteiger partial charge in [0.2, 0.25) is 0 Å². The van der Waals surface area contributed by atoms with Crippen molar-refractivity contribution in [2.45, 2.75) is 0 Å². The van der Waals surface area contributed by atoms with Crippen molar-refractivity contribution >= 4 is 29.3 Å². The van der Waals surface area contributed by atoms with E-state index in [-0.39, 0.29) is 5.78 Å². The Kier molecular flexibility index (Phi) is 4.45. The summed E-state index contributed by atoms with van der Waals surface area (Å²) in [5.41, 5.74) is 2.14. The molecule has 1 aromatic heterocycles. The molecule has 7 heteroatoms. The van der Waals surface area contributed by atoms with Crippen LogP contribution in [0.3, 0.4) is 0 Å². The van der Waals surface area contributed by atoms with Gasteiger partial charge in [-0.1, -0.05) is 12.1 Å². The first-order valence-electron chi connectivity index (χ1n) is 8.51. The maximum atomic E-state index is 12.5. The van der Waals surface area contributed by atoms with Gasteiger partial charge in [-0.15, -0.1) is 5.06 Å². The number of fused-ring (bicyclic) bond motifs is 1. The fourth-order valence-corrected chi connectivity index (χ4v) is 3.13. The molecule has 0 saturated carbocycles. The van der Waals surface area contributed by atoms with Gasteiger partial charge in [-0.25, -0.2) is 4.79 Å². The van der Waals surface area contributed by atoms with Crippen molar-refractivity contribution in [3.63, 3.8) is 0 Å². The lowest BCUT2D eigenvalue weighted by Crippen LogP contribution is -2.48. The highest BCUT2D eigenvalue weighted by atomic mass is 16.7. The number of carbonyl (C=O) groups excluding carboxylic acids is 2. The molecule has 1 aromatic carbocycles. The number of aliphatic imine (C=N–C) groups is 1. The molecule has 26 heavy (non-hydrogen) atoms. The number of benzene rings is 1. The van der Waals surface area contributed by atoms with Crippen LogP contribution in [-0.2, 0) is 9.63 Å². The Hall–Kier alpha value is -3.06. The Morgan fingerprint density at radius 2 is 1.77 bits per heavy atom. The summed E-state index contributed by atoms with van der Waals surface area (Å²) in [5, 5.41) is 1.61. The van der Waals surface area contributed by atoms with Crippen molar-refractivity contribution in [2.75, 3.05) is 31.1 Å². The van der Waals surface area contributed by atoms with Gasteiger partial charge in [-0.2, -0.15) is 0 Å². The molecule has 1 fully saturated rings. The van der Waals surface area contributed by atoms with Gasteiger partial charge in [-0.05, 0) is 24.3 Å². The largest absolute Gasteiger partial charge is 0.369 e. The maximum absolute atomic E-state index is 12.5. The van der Waals surface area contributed by atoms with Gasteiger partial charge < -0.3 is 9.74 Å². The summed E-state index contributed by atoms with van der Waals surface area (Å²) in [6, 6.07) is 10.9. The highest BCUT2D eigenvalue weighted by molar-refractivity contribution is 6.22. The van der Waals surface area contributed by atoms with Gasteiger partial charge in [-0.3, -0.25) is 14.8 Å². The number of para-hydroxylation sites is 1. The molecule has 7 nitrogen and oxygen atoms in total. The van der Waals surface area contributed by atoms with Gasteiger partial charge >= 0.3 is 5.97 Å². The number of carbonyl (C=O) groups is 2. The van der Waals surface area contributed by atoms with E-state index in [4.69, 9.17) is 4.84 Å². The maximum Gasteiger partial charge on any atom is 0.341 e. The van der Waals surface area contributed by atoms with Crippen molar-refractivity contribution in [1.82, 2.24) is 10.0 Å². The number of ketones is 1. The third kappa shape index (κ3) is 3.21. The van der Waals surface area contributed by atoms with E-state index >= 15 is 0 Å². The molecule has 2 aliphatic heterocycles. The number of piperazine rings is 1. The molecule has 4 rings (SSSR count). The first kappa shape index (κ1) is 16.4. The summed E-state index contributed by atoms with van der Waals surface area (Å²) in [7, 11) is 0. The number of nitrogens with zero attached hydrogens (tertiary/aromatic N) is 4. The zero-order valence-corrected chi connectivity index (χ0v) is 14.1. The fourth-order valence-electron chi connectivity index (χ4n) is 3.13. The standard InChI is InChI=1S/C19H18N4O3/c24-18-15-3-1-2-4-17(15)21-13-16(18)19(25)26-23-11-9-22(10-12-23)14-5-7-20-8-6-14/h1-8,13,16H,9-12H2. The second-order valence-corrected chi connectivity index (χ2v) is 6.17. The number of hydrogen-bond donors (Lipinski definition) is 0. The number of anilines is 1. The van der Waals surface area contributed by atoms with Crippen molar-refractivity contribution < 1.29 is 14.4 Å². The molecule has 0 bridgehead atoms. The summed E-state index contributed by atoms with van der Waals surface area (Å²) in [6.07, 6.45) is 4.89. The Labute approximate surface area is 150 Å². The number of hydroxylamine groups is 2. The minimum atomic E-state index is -0.983. The van der Waals surface area contributed by atoms with Crippen LogP contribution in [0.2, 0.25) is 0 Å². The number of aromatic nitrogens is 1. The van der Waals surface area contributed by atoms with Crippen LogP contribution in [0.5, 0.6) is 0 Å². The molecule has 1 atom stereocenters. The molecule has 2 aromatic rings. The van der Waals surface area contributed by atoms with E-state index in [9.17, 15) is 9.59 Å². The average molecular weight is 350 g/mol. The van der Waals surface area contributed by atoms with Gasteiger partial charge in [0.15, 0.2) is 11.7 Å². The minimum absolute atomic E-state index is 0.268. The highest BCUT2D eigenvalue weighted by Crippen LogP contribution is 2.26. The van der Waals surface area contributed by atoms with Crippen molar-refractivity contribution in [3.8, 4) is 0 Å². The van der Waals surface area contributed by atoms with E-state index in [1.807, 2.05) is 18.2 Å². The number of rotatable bonds is 3. The van der Waals surface area contributed by atoms with E-state index in [0.717, 1.165) is 18.8 Å². The molecule has 3 heterocycles. The molecule has 0 amide bonds. The van der Waals surface area contributed by atoms with Crippen LogP contribution >= 0.6 is 0 Å². The summed E-state index contributed by atoms with van der Waals surface area (Å²) in [5.74, 6) is -1.83. The van der Waals surface area contributed by atoms with Crippen LogP contribution in [0.4, 0.5) is 11.4 Å². The average Bonchev–Trinajstić information content (AvgIpc) is 2.69. The monoisotopic (exact) mass is 350 g/mol. The first-order chi connectivity index (χ1) is 12.7. The third-order valence-corrected chi connectivity index (χ3v) is 4.55. The number of hydrogen-bond acceptors (Lipinski definition) is 7. The van der Waals surface area contributed by atoms with E-state index in [2.05, 4.69) is 14.9 Å². The van der Waals surface area contributed by atoms with Crippen molar-refractivity contribution in [2.24, 2.45) is 10.9 Å². The quantitative estimate of drug-likeness (QED) is 0.787. The predicted molar refractivity (Wildman–Crippen MR) is 96.5 cm³/mol. The van der Waals surface area contributed by atoms with E-state index in [1.165, 1.54) is 6.21 Å². The molecule has 0 aliphatic carbocycles. The van der Waals surface area contributed by atoms with E-state index in [0.29, 0.717) is 24.3 Å². The Morgan fingerprint density at radius 1 is 1.04 bits per heavy atom. The lowest BCUT2D eigenvalue weighted by atomic mass is 9.95. The molecule has 0 spiro atoms. The minimum Gasteiger partial charge on any atom is -0.369 e. The second-order valence-electron chi connectivity index (χ2n) is 6.17. The van der Waals surface area contributed by atoms with Crippen LogP contribution in [0.1, 0.15) is 10.4 Å². The van der Waals surface area contributed by atoms with Crippen LogP contribution in [-0.4, -0.2) is 54.2 Å². The predicted octanol–water partition coefficient (Wildman–Crippen LogP) is 1.88. The second kappa shape index (κ2) is 7.05. The zero-order valence-electron chi connectivity index (χ0n) is 14.1. The normalized spacial score (nSPS) is 19.9. The number of pyridine rings is 1. The van der Waals surface area contributed by atoms with Crippen molar-refractivity contribution in [1.29, 1.82) is 0 Å². The summed E-state index contributed by atoms with van der Waals surface area (Å²) >= 11 is 0. The number of Topliss-reactive ketones (excluding diaryl/α,β-unsaturated/α-hetero) is 1. The smallest absolute Gasteiger partial charge is 0.341 e. The molecule has 1 saturated heterocycles. The molecule has 1 unspecified atom stereocenters. The van der Waals surface area contributed by atoms with Crippen LogP contribution in [0, 0.1) is 5.92 Å². The lowest BCUT2D eigenvalue weighted by molar-refractivity contribution is -0.192. The SMILES string of the molecule is O=C(ON1CCN(c2ccncc2)CC1)C1C=Nc2ccccc2C1=O. The molecule has 2 aliphatic rings. The Morgan fingerprint density at radius 3 is 2.54 bits per heavy atom. The molecule has 132 valence electrons. The topological polar surface area (TPSA) is 75.1 Å².